The zero-order valence-corrected chi connectivity index (χ0v) is 22.6. The second-order valence-electron chi connectivity index (χ2n) is 10.1. The maximum atomic E-state index is 13.5. The lowest BCUT2D eigenvalue weighted by molar-refractivity contribution is -0.124. The molecule has 0 radical (unpaired) electrons. The van der Waals surface area contributed by atoms with Crippen LogP contribution in [0.15, 0.2) is 65.7 Å². The van der Waals surface area contributed by atoms with E-state index in [9.17, 15) is 23.1 Å². The molecular formula is C28H33N3O6S. The number of carbonyl (C=O) groups excluding carboxylic acids is 1. The summed E-state index contributed by atoms with van der Waals surface area (Å²) in [4.78, 5) is 26.8. The van der Waals surface area contributed by atoms with E-state index in [1.54, 1.807) is 54.6 Å². The third-order valence-electron chi connectivity index (χ3n) is 6.87. The standard InChI is InChI=1S/C28H33N3O6S/c1-19(2)31(27(32)22-13-9-20(3)10-14-22)26-25(37-28(33)34)17-30(29-26)23-15-11-21(12-16-23)18-38(35,36)24-7-5-4-6-8-24/h4-8,11-12,15-17,19-20,22H,9-10,13-14,18H2,1-3H3,(H,33,34)/t20-,22-. The molecule has 38 heavy (non-hydrogen) atoms. The van der Waals surface area contributed by atoms with Gasteiger partial charge in [0.25, 0.3) is 0 Å². The lowest BCUT2D eigenvalue weighted by Crippen LogP contribution is -2.42. The number of rotatable bonds is 8. The highest BCUT2D eigenvalue weighted by atomic mass is 32.2. The summed E-state index contributed by atoms with van der Waals surface area (Å²) in [6.45, 7) is 5.90. The number of sulfone groups is 1. The molecule has 0 atom stereocenters. The summed E-state index contributed by atoms with van der Waals surface area (Å²) in [5.41, 5.74) is 1.16. The first-order valence-electron chi connectivity index (χ1n) is 12.8. The molecule has 1 aromatic heterocycles. The van der Waals surface area contributed by atoms with Crippen molar-refractivity contribution >= 4 is 27.7 Å². The molecule has 202 valence electrons. The quantitative estimate of drug-likeness (QED) is 0.377. The van der Waals surface area contributed by atoms with Crippen LogP contribution in [-0.2, 0) is 20.4 Å². The fourth-order valence-corrected chi connectivity index (χ4v) is 6.17. The maximum Gasteiger partial charge on any atom is 0.511 e. The van der Waals surface area contributed by atoms with Gasteiger partial charge in [0.05, 0.1) is 22.5 Å². The Hall–Kier alpha value is -3.66. The molecule has 0 bridgehead atoms. The van der Waals surface area contributed by atoms with Crippen LogP contribution in [0.2, 0.25) is 0 Å². The minimum absolute atomic E-state index is 0.0422. The monoisotopic (exact) mass is 539 g/mol. The van der Waals surface area contributed by atoms with Gasteiger partial charge in [-0.15, -0.1) is 5.10 Å². The molecule has 1 fully saturated rings. The average Bonchev–Trinajstić information content (AvgIpc) is 3.27. The molecule has 0 saturated heterocycles. The second kappa shape index (κ2) is 11.4. The summed E-state index contributed by atoms with van der Waals surface area (Å²) in [6, 6.07) is 14.7. The van der Waals surface area contributed by atoms with Gasteiger partial charge in [0.2, 0.25) is 11.7 Å². The van der Waals surface area contributed by atoms with Gasteiger partial charge in [-0.1, -0.05) is 37.3 Å². The Morgan fingerprint density at radius 1 is 1.05 bits per heavy atom. The number of carbonyl (C=O) groups is 2. The highest BCUT2D eigenvalue weighted by molar-refractivity contribution is 7.90. The van der Waals surface area contributed by atoms with Gasteiger partial charge in [-0.2, -0.15) is 0 Å². The van der Waals surface area contributed by atoms with Crippen molar-refractivity contribution in [2.75, 3.05) is 4.90 Å². The van der Waals surface area contributed by atoms with Crippen LogP contribution >= 0.6 is 0 Å². The predicted molar refractivity (Wildman–Crippen MR) is 143 cm³/mol. The molecule has 3 aromatic rings. The minimum Gasteiger partial charge on any atom is -0.449 e. The first-order chi connectivity index (χ1) is 18.0. The number of aromatic nitrogens is 2. The summed E-state index contributed by atoms with van der Waals surface area (Å²) in [6.07, 6.45) is 3.43. The van der Waals surface area contributed by atoms with E-state index < -0.39 is 16.0 Å². The molecule has 1 N–H and O–H groups in total. The lowest BCUT2D eigenvalue weighted by atomic mass is 9.82. The van der Waals surface area contributed by atoms with Crippen molar-refractivity contribution in [3.8, 4) is 11.4 Å². The van der Waals surface area contributed by atoms with Crippen molar-refractivity contribution in [3.63, 3.8) is 0 Å². The van der Waals surface area contributed by atoms with Crippen molar-refractivity contribution in [2.45, 2.75) is 63.1 Å². The van der Waals surface area contributed by atoms with Gasteiger partial charge < -0.3 is 9.84 Å². The summed E-state index contributed by atoms with van der Waals surface area (Å²) in [5, 5.41) is 13.9. The molecule has 4 rings (SSSR count). The van der Waals surface area contributed by atoms with E-state index in [2.05, 4.69) is 12.0 Å². The van der Waals surface area contributed by atoms with Crippen LogP contribution in [0.25, 0.3) is 5.69 Å². The molecule has 1 aliphatic carbocycles. The zero-order valence-electron chi connectivity index (χ0n) is 21.8. The number of hydrogen-bond acceptors (Lipinski definition) is 6. The number of anilines is 1. The fourth-order valence-electron chi connectivity index (χ4n) is 4.80. The summed E-state index contributed by atoms with van der Waals surface area (Å²) in [7, 11) is -3.50. The third-order valence-corrected chi connectivity index (χ3v) is 8.57. The third kappa shape index (κ3) is 6.24. The molecule has 10 heteroatoms. The number of amides is 1. The van der Waals surface area contributed by atoms with E-state index >= 15 is 0 Å². The first kappa shape index (κ1) is 27.4. The highest BCUT2D eigenvalue weighted by Gasteiger charge is 2.34. The van der Waals surface area contributed by atoms with Crippen LogP contribution in [0.3, 0.4) is 0 Å². The van der Waals surface area contributed by atoms with E-state index in [1.165, 1.54) is 15.8 Å². The van der Waals surface area contributed by atoms with Gasteiger partial charge in [0, 0.05) is 12.0 Å². The van der Waals surface area contributed by atoms with E-state index in [-0.39, 0.29) is 40.1 Å². The number of ether oxygens (including phenoxy) is 1. The van der Waals surface area contributed by atoms with Crippen LogP contribution in [0.1, 0.15) is 52.0 Å². The van der Waals surface area contributed by atoms with Crippen LogP contribution in [0, 0.1) is 11.8 Å². The van der Waals surface area contributed by atoms with Crippen LogP contribution in [-0.4, -0.2) is 41.4 Å². The van der Waals surface area contributed by atoms with Gasteiger partial charge in [-0.25, -0.2) is 17.9 Å². The van der Waals surface area contributed by atoms with Gasteiger partial charge in [0.1, 0.15) is 0 Å². The van der Waals surface area contributed by atoms with Gasteiger partial charge in [-0.3, -0.25) is 9.69 Å². The molecule has 9 nitrogen and oxygen atoms in total. The van der Waals surface area contributed by atoms with Crippen molar-refractivity contribution in [1.29, 1.82) is 0 Å². The maximum absolute atomic E-state index is 13.5. The molecule has 1 amide bonds. The van der Waals surface area contributed by atoms with Gasteiger partial charge >= 0.3 is 6.16 Å². The molecule has 1 heterocycles. The Labute approximate surface area is 223 Å². The van der Waals surface area contributed by atoms with Gasteiger partial charge in [-0.05, 0) is 75.3 Å². The fraction of sp³-hybridized carbons (Fsp3) is 0.393. The Balaban J connectivity index is 1.62. The number of benzene rings is 2. The number of carboxylic acid groups (broad SMARTS) is 1. The van der Waals surface area contributed by atoms with E-state index in [0.29, 0.717) is 17.2 Å². The average molecular weight is 540 g/mol. The Bertz CT molecular complexity index is 1380. The van der Waals surface area contributed by atoms with Crippen LogP contribution in [0.5, 0.6) is 5.75 Å². The predicted octanol–water partition coefficient (Wildman–Crippen LogP) is 5.47. The number of hydrogen-bond donors (Lipinski definition) is 1. The van der Waals surface area contributed by atoms with Crippen molar-refractivity contribution < 1.29 is 27.9 Å². The smallest absolute Gasteiger partial charge is 0.449 e. The van der Waals surface area contributed by atoms with E-state index in [1.807, 2.05) is 13.8 Å². The minimum atomic E-state index is -3.50. The summed E-state index contributed by atoms with van der Waals surface area (Å²) < 4.78 is 31.9. The van der Waals surface area contributed by atoms with E-state index in [4.69, 9.17) is 4.74 Å². The topological polar surface area (TPSA) is 119 Å². The molecule has 1 saturated carbocycles. The zero-order chi connectivity index (χ0) is 27.4. The van der Waals surface area contributed by atoms with E-state index in [0.717, 1.165) is 25.7 Å². The lowest BCUT2D eigenvalue weighted by Gasteiger charge is -2.32. The largest absolute Gasteiger partial charge is 0.511 e. The molecule has 1 aliphatic rings. The van der Waals surface area contributed by atoms with Gasteiger partial charge in [0.15, 0.2) is 15.6 Å². The van der Waals surface area contributed by atoms with Crippen LogP contribution < -0.4 is 9.64 Å². The molecular weight excluding hydrogens is 506 g/mol. The SMILES string of the molecule is CC(C)N(c1nn(-c2ccc(CS(=O)(=O)c3ccccc3)cc2)cc1OC(=O)O)C(=O)[C@H]1CC[C@H](C)CC1. The molecule has 2 aromatic carbocycles. The molecule has 0 aliphatic heterocycles. The Kier molecular flexibility index (Phi) is 8.20. The Morgan fingerprint density at radius 2 is 1.68 bits per heavy atom. The highest BCUT2D eigenvalue weighted by Crippen LogP contribution is 2.35. The van der Waals surface area contributed by atoms with Crippen molar-refractivity contribution in [3.05, 3.63) is 66.4 Å². The first-order valence-corrected chi connectivity index (χ1v) is 14.4. The normalized spacial score (nSPS) is 17.8. The van der Waals surface area contributed by atoms with Crippen LogP contribution in [0.4, 0.5) is 10.6 Å². The summed E-state index contributed by atoms with van der Waals surface area (Å²) >= 11 is 0. The van der Waals surface area contributed by atoms with Crippen molar-refractivity contribution in [1.82, 2.24) is 9.78 Å². The number of nitrogens with zero attached hydrogens (tertiary/aromatic N) is 3. The molecule has 0 unspecified atom stereocenters. The Morgan fingerprint density at radius 3 is 2.26 bits per heavy atom. The molecule has 0 spiro atoms. The van der Waals surface area contributed by atoms with Crippen molar-refractivity contribution in [2.24, 2.45) is 11.8 Å². The summed E-state index contributed by atoms with van der Waals surface area (Å²) in [5.74, 6) is 0.282. The second-order valence-corrected chi connectivity index (χ2v) is 12.1.